The van der Waals surface area contributed by atoms with Crippen molar-refractivity contribution in [2.24, 2.45) is 0 Å². The van der Waals surface area contributed by atoms with Crippen LogP contribution in [0.4, 0.5) is 30.7 Å². The molecule has 0 aliphatic heterocycles. The number of benzene rings is 1. The summed E-state index contributed by atoms with van der Waals surface area (Å²) in [5.41, 5.74) is -5.96. The van der Waals surface area contributed by atoms with Crippen LogP contribution < -0.4 is 0 Å². The Bertz CT molecular complexity index is 671. The van der Waals surface area contributed by atoms with Gasteiger partial charge in [0.2, 0.25) is 4.33 Å². The Labute approximate surface area is 126 Å². The third kappa shape index (κ3) is 1.82. The predicted molar refractivity (Wildman–Crippen MR) is 58.3 cm³/mol. The number of alkyl halides is 6. The van der Waals surface area contributed by atoms with Gasteiger partial charge in [0.25, 0.3) is 5.24 Å². The van der Waals surface area contributed by atoms with Crippen LogP contribution in [0.1, 0.15) is 16.7 Å². The van der Waals surface area contributed by atoms with Gasteiger partial charge in [-0.25, -0.2) is 13.2 Å². The van der Waals surface area contributed by atoms with Crippen molar-refractivity contribution in [1.29, 1.82) is 0 Å². The van der Waals surface area contributed by atoms with Crippen molar-refractivity contribution in [3.63, 3.8) is 0 Å². The van der Waals surface area contributed by atoms with Gasteiger partial charge in [0.15, 0.2) is 17.5 Å². The first-order valence-corrected chi connectivity index (χ1v) is 5.98. The van der Waals surface area contributed by atoms with E-state index in [1.54, 1.807) is 0 Å². The molecule has 1 aliphatic carbocycles. The fourth-order valence-electron chi connectivity index (χ4n) is 1.91. The number of rotatable bonds is 2. The molecular formula is C10Cl3F7O. The topological polar surface area (TPSA) is 17.1 Å². The molecule has 0 heterocycles. The van der Waals surface area contributed by atoms with Gasteiger partial charge in [0, 0.05) is 11.1 Å². The van der Waals surface area contributed by atoms with E-state index in [9.17, 15) is 35.5 Å². The summed E-state index contributed by atoms with van der Waals surface area (Å²) >= 11 is 15.3. The minimum absolute atomic E-state index is 1.84. The Morgan fingerprint density at radius 3 is 1.71 bits per heavy atom. The van der Waals surface area contributed by atoms with Crippen LogP contribution in [0.2, 0.25) is 0 Å². The average Bonchev–Trinajstić information content (AvgIpc) is 2.34. The zero-order chi connectivity index (χ0) is 16.5. The van der Waals surface area contributed by atoms with Crippen molar-refractivity contribution in [2.45, 2.75) is 16.2 Å². The Balaban J connectivity index is 2.97. The molecule has 0 saturated heterocycles. The first-order chi connectivity index (χ1) is 9.29. The van der Waals surface area contributed by atoms with Gasteiger partial charge >= 0.3 is 11.8 Å². The standard InChI is InChI=1S/C10Cl3F7O/c11-7(21)8(12,13)2-1-3(5(15)6(16)4(2)14)10(19,20)9(1,17)18. The van der Waals surface area contributed by atoms with E-state index < -0.39 is 55.6 Å². The van der Waals surface area contributed by atoms with E-state index in [0.29, 0.717) is 0 Å². The molecule has 0 amide bonds. The van der Waals surface area contributed by atoms with Crippen LogP contribution in [-0.2, 0) is 21.0 Å². The predicted octanol–water partition coefficient (Wildman–Crippen LogP) is 4.70. The summed E-state index contributed by atoms with van der Waals surface area (Å²) in [5.74, 6) is -17.7. The molecule has 1 aliphatic rings. The summed E-state index contributed by atoms with van der Waals surface area (Å²) in [6.07, 6.45) is 0. The highest BCUT2D eigenvalue weighted by atomic mass is 35.5. The second-order valence-corrected chi connectivity index (χ2v) is 5.73. The number of carbonyl (C=O) groups is 1. The highest BCUT2D eigenvalue weighted by Crippen LogP contribution is 2.64. The first kappa shape index (κ1) is 16.6. The monoisotopic (exact) mass is 374 g/mol. The summed E-state index contributed by atoms with van der Waals surface area (Å²) in [7, 11) is 0. The molecule has 11 heteroatoms. The minimum atomic E-state index is -5.12. The maximum atomic E-state index is 13.6. The summed E-state index contributed by atoms with van der Waals surface area (Å²) in [6, 6.07) is 0. The van der Waals surface area contributed by atoms with Gasteiger partial charge in [-0.1, -0.05) is 23.2 Å². The van der Waals surface area contributed by atoms with Gasteiger partial charge < -0.3 is 0 Å². The van der Waals surface area contributed by atoms with Crippen molar-refractivity contribution in [3.8, 4) is 0 Å². The molecule has 0 aromatic heterocycles. The van der Waals surface area contributed by atoms with E-state index in [2.05, 4.69) is 0 Å². The van der Waals surface area contributed by atoms with Crippen LogP contribution in [0, 0.1) is 17.5 Å². The van der Waals surface area contributed by atoms with Crippen molar-refractivity contribution in [2.75, 3.05) is 0 Å². The second kappa shape index (κ2) is 4.39. The lowest BCUT2D eigenvalue weighted by Gasteiger charge is -2.41. The molecule has 1 aromatic carbocycles. The van der Waals surface area contributed by atoms with E-state index in [-0.39, 0.29) is 0 Å². The Morgan fingerprint density at radius 1 is 0.857 bits per heavy atom. The fourth-order valence-corrected chi connectivity index (χ4v) is 2.36. The maximum Gasteiger partial charge on any atom is 0.343 e. The third-order valence-electron chi connectivity index (χ3n) is 2.91. The largest absolute Gasteiger partial charge is 0.343 e. The van der Waals surface area contributed by atoms with E-state index in [1.165, 1.54) is 0 Å². The van der Waals surface area contributed by atoms with E-state index in [1.807, 2.05) is 0 Å². The molecule has 0 spiro atoms. The second-order valence-electron chi connectivity index (χ2n) is 4.06. The Hall–Kier alpha value is -0.730. The third-order valence-corrected chi connectivity index (χ3v) is 4.11. The summed E-state index contributed by atoms with van der Waals surface area (Å²) < 4.78 is 89.9. The molecule has 1 aromatic rings. The Kier molecular flexibility index (Phi) is 3.48. The van der Waals surface area contributed by atoms with Crippen LogP contribution >= 0.6 is 34.8 Å². The van der Waals surface area contributed by atoms with Gasteiger partial charge in [-0.2, -0.15) is 17.6 Å². The summed E-state index contributed by atoms with van der Waals surface area (Å²) in [5, 5.41) is -1.86. The molecule has 1 nitrogen and oxygen atoms in total. The summed E-state index contributed by atoms with van der Waals surface area (Å²) in [4.78, 5) is 11.0. The van der Waals surface area contributed by atoms with Gasteiger partial charge in [-0.3, -0.25) is 4.79 Å². The number of hydrogen-bond acceptors (Lipinski definition) is 1. The molecule has 0 N–H and O–H groups in total. The van der Waals surface area contributed by atoms with Crippen LogP contribution in [0.25, 0.3) is 0 Å². The van der Waals surface area contributed by atoms with E-state index in [0.717, 1.165) is 0 Å². The van der Waals surface area contributed by atoms with Gasteiger partial charge in [-0.05, 0) is 11.6 Å². The molecule has 116 valence electrons. The van der Waals surface area contributed by atoms with Crippen molar-refractivity contribution in [1.82, 2.24) is 0 Å². The van der Waals surface area contributed by atoms with Crippen molar-refractivity contribution in [3.05, 3.63) is 34.1 Å². The Morgan fingerprint density at radius 2 is 1.29 bits per heavy atom. The highest BCUT2D eigenvalue weighted by molar-refractivity contribution is 6.77. The van der Waals surface area contributed by atoms with Crippen molar-refractivity contribution < 1.29 is 35.5 Å². The maximum absolute atomic E-state index is 13.6. The molecular weight excluding hydrogens is 375 g/mol. The summed E-state index contributed by atoms with van der Waals surface area (Å²) in [6.45, 7) is 0. The van der Waals surface area contributed by atoms with Gasteiger partial charge in [0.05, 0.1) is 5.56 Å². The average molecular weight is 375 g/mol. The smallest absolute Gasteiger partial charge is 0.277 e. The van der Waals surface area contributed by atoms with Crippen LogP contribution in [-0.4, -0.2) is 5.24 Å². The first-order valence-electron chi connectivity index (χ1n) is 4.84. The molecule has 0 radical (unpaired) electrons. The molecule has 0 saturated carbocycles. The lowest BCUT2D eigenvalue weighted by Crippen LogP contribution is -2.51. The zero-order valence-electron chi connectivity index (χ0n) is 9.19. The number of hydrogen-bond donors (Lipinski definition) is 0. The molecule has 0 fully saturated rings. The number of fused-ring (bicyclic) bond motifs is 1. The molecule has 0 unspecified atom stereocenters. The lowest BCUT2D eigenvalue weighted by molar-refractivity contribution is -0.257. The SMILES string of the molecule is O=C(Cl)C(Cl)(Cl)c1c(F)c(F)c(F)c2c1C(F)(F)C2(F)F. The van der Waals surface area contributed by atoms with E-state index >= 15 is 0 Å². The van der Waals surface area contributed by atoms with Gasteiger partial charge in [-0.15, -0.1) is 0 Å². The fraction of sp³-hybridized carbons (Fsp3) is 0.300. The van der Waals surface area contributed by atoms with E-state index in [4.69, 9.17) is 34.8 Å². The zero-order valence-corrected chi connectivity index (χ0v) is 11.5. The van der Waals surface area contributed by atoms with Crippen LogP contribution in [0.5, 0.6) is 0 Å². The minimum Gasteiger partial charge on any atom is -0.277 e. The lowest BCUT2D eigenvalue weighted by atomic mass is 9.75. The van der Waals surface area contributed by atoms with Gasteiger partial charge in [0.1, 0.15) is 0 Å². The molecule has 0 atom stereocenters. The van der Waals surface area contributed by atoms with Crippen molar-refractivity contribution >= 4 is 40.0 Å². The molecule has 21 heavy (non-hydrogen) atoms. The van der Waals surface area contributed by atoms with Crippen LogP contribution in [0.15, 0.2) is 0 Å². The highest BCUT2D eigenvalue weighted by Gasteiger charge is 2.74. The van der Waals surface area contributed by atoms with Crippen LogP contribution in [0.3, 0.4) is 0 Å². The quantitative estimate of drug-likeness (QED) is 0.317. The number of halogens is 10. The molecule has 2 rings (SSSR count). The normalized spacial score (nSPS) is 19.0. The molecule has 0 bridgehead atoms. The number of carbonyl (C=O) groups excluding carboxylic acids is 1.